The molecule has 0 atom stereocenters. The summed E-state index contributed by atoms with van der Waals surface area (Å²) in [5.74, 6) is 3.19. The molecule has 1 aromatic heterocycles. The van der Waals surface area contributed by atoms with Crippen molar-refractivity contribution in [3.05, 3.63) is 12.3 Å². The number of nitrogens with one attached hydrogen (secondary N) is 1. The van der Waals surface area contributed by atoms with Gasteiger partial charge in [-0.05, 0) is 37.7 Å². The minimum Gasteiger partial charge on any atom is -0.356 e. The maximum atomic E-state index is 4.62. The van der Waals surface area contributed by atoms with Crippen molar-refractivity contribution in [3.63, 3.8) is 0 Å². The summed E-state index contributed by atoms with van der Waals surface area (Å²) >= 11 is 0. The van der Waals surface area contributed by atoms with E-state index < -0.39 is 0 Å². The van der Waals surface area contributed by atoms with Crippen LogP contribution in [0.5, 0.6) is 0 Å². The molecule has 1 N–H and O–H groups in total. The fourth-order valence-corrected chi connectivity index (χ4v) is 1.94. The molecule has 0 aliphatic carbocycles. The highest BCUT2D eigenvalue weighted by Crippen LogP contribution is 2.16. The molecule has 0 spiro atoms. The molecule has 4 nitrogen and oxygen atoms in total. The van der Waals surface area contributed by atoms with Crippen LogP contribution in [0.25, 0.3) is 0 Å². The van der Waals surface area contributed by atoms with Crippen molar-refractivity contribution in [1.82, 2.24) is 9.97 Å². The first-order chi connectivity index (χ1) is 9.52. The van der Waals surface area contributed by atoms with Crippen molar-refractivity contribution in [1.29, 1.82) is 0 Å². The Bertz CT molecular complexity index is 364. The summed E-state index contributed by atoms with van der Waals surface area (Å²) in [6.45, 7) is 14.1. The predicted molar refractivity (Wildman–Crippen MR) is 87.3 cm³/mol. The van der Waals surface area contributed by atoms with Crippen LogP contribution in [0, 0.1) is 11.8 Å². The van der Waals surface area contributed by atoms with Crippen LogP contribution in [0.2, 0.25) is 0 Å². The summed E-state index contributed by atoms with van der Waals surface area (Å²) in [6, 6.07) is 2.02. The topological polar surface area (TPSA) is 41.1 Å². The van der Waals surface area contributed by atoms with Gasteiger partial charge in [-0.3, -0.25) is 0 Å². The smallest absolute Gasteiger partial charge is 0.224 e. The Balaban J connectivity index is 2.76. The van der Waals surface area contributed by atoms with E-state index in [0.29, 0.717) is 11.8 Å². The molecular formula is C16H30N4. The molecule has 0 radical (unpaired) electrons. The fourth-order valence-electron chi connectivity index (χ4n) is 1.94. The second-order valence-electron chi connectivity index (χ2n) is 6.12. The SMILES string of the molecule is CCNc1nccc(N(CCC(C)C)CCC(C)C)n1. The summed E-state index contributed by atoms with van der Waals surface area (Å²) in [7, 11) is 0. The first-order valence-electron chi connectivity index (χ1n) is 7.84. The largest absolute Gasteiger partial charge is 0.356 e. The number of hydrogen-bond acceptors (Lipinski definition) is 4. The van der Waals surface area contributed by atoms with E-state index in [1.54, 1.807) is 0 Å². The zero-order valence-corrected chi connectivity index (χ0v) is 13.7. The van der Waals surface area contributed by atoms with Crippen LogP contribution < -0.4 is 10.2 Å². The summed E-state index contributed by atoms with van der Waals surface area (Å²) < 4.78 is 0. The third-order valence-electron chi connectivity index (χ3n) is 3.25. The highest BCUT2D eigenvalue weighted by atomic mass is 15.2. The zero-order valence-electron chi connectivity index (χ0n) is 13.7. The van der Waals surface area contributed by atoms with E-state index in [2.05, 4.69) is 54.8 Å². The summed E-state index contributed by atoms with van der Waals surface area (Å²) in [6.07, 6.45) is 4.23. The van der Waals surface area contributed by atoms with Crippen molar-refractivity contribution in [2.45, 2.75) is 47.5 Å². The molecular weight excluding hydrogens is 248 g/mol. The average molecular weight is 278 g/mol. The Morgan fingerprint density at radius 2 is 1.70 bits per heavy atom. The van der Waals surface area contributed by atoms with E-state index >= 15 is 0 Å². The van der Waals surface area contributed by atoms with Gasteiger partial charge in [0, 0.05) is 25.8 Å². The Kier molecular flexibility index (Phi) is 7.34. The van der Waals surface area contributed by atoms with E-state index in [0.717, 1.165) is 31.4 Å². The second-order valence-corrected chi connectivity index (χ2v) is 6.12. The van der Waals surface area contributed by atoms with Crippen molar-refractivity contribution < 1.29 is 0 Å². The van der Waals surface area contributed by atoms with Gasteiger partial charge in [0.2, 0.25) is 5.95 Å². The number of hydrogen-bond donors (Lipinski definition) is 1. The molecule has 0 saturated heterocycles. The summed E-state index contributed by atoms with van der Waals surface area (Å²) in [5.41, 5.74) is 0. The predicted octanol–water partition coefficient (Wildman–Crippen LogP) is 3.81. The quantitative estimate of drug-likeness (QED) is 0.746. The highest BCUT2D eigenvalue weighted by molar-refractivity contribution is 5.42. The maximum Gasteiger partial charge on any atom is 0.224 e. The first-order valence-corrected chi connectivity index (χ1v) is 7.84. The lowest BCUT2D eigenvalue weighted by Gasteiger charge is -2.25. The van der Waals surface area contributed by atoms with E-state index in [1.165, 1.54) is 12.8 Å². The van der Waals surface area contributed by atoms with Crippen molar-refractivity contribution in [2.24, 2.45) is 11.8 Å². The summed E-state index contributed by atoms with van der Waals surface area (Å²) in [5, 5.41) is 3.18. The molecule has 0 unspecified atom stereocenters. The molecule has 0 saturated carbocycles. The third-order valence-corrected chi connectivity index (χ3v) is 3.25. The van der Waals surface area contributed by atoms with Gasteiger partial charge in [-0.15, -0.1) is 0 Å². The van der Waals surface area contributed by atoms with Crippen LogP contribution in [0.4, 0.5) is 11.8 Å². The Hall–Kier alpha value is -1.32. The van der Waals surface area contributed by atoms with E-state index in [9.17, 15) is 0 Å². The minimum atomic E-state index is 0.714. The van der Waals surface area contributed by atoms with Crippen molar-refractivity contribution >= 4 is 11.8 Å². The highest BCUT2D eigenvalue weighted by Gasteiger charge is 2.10. The Morgan fingerprint density at radius 3 is 2.20 bits per heavy atom. The van der Waals surface area contributed by atoms with Gasteiger partial charge in [0.25, 0.3) is 0 Å². The standard InChI is InChI=1S/C16H30N4/c1-6-17-16-18-10-7-15(19-16)20(11-8-13(2)3)12-9-14(4)5/h7,10,13-14H,6,8-9,11-12H2,1-5H3,(H,17,18,19). The number of rotatable bonds is 9. The van der Waals surface area contributed by atoms with Crippen LogP contribution in [-0.4, -0.2) is 29.6 Å². The Labute approximate surface area is 124 Å². The fraction of sp³-hybridized carbons (Fsp3) is 0.750. The molecule has 1 aromatic rings. The van der Waals surface area contributed by atoms with Crippen molar-refractivity contribution in [3.8, 4) is 0 Å². The zero-order chi connectivity index (χ0) is 15.0. The molecule has 0 fully saturated rings. The van der Waals surface area contributed by atoms with Crippen LogP contribution in [0.15, 0.2) is 12.3 Å². The lowest BCUT2D eigenvalue weighted by molar-refractivity contribution is 0.533. The van der Waals surface area contributed by atoms with Gasteiger partial charge in [-0.2, -0.15) is 4.98 Å². The molecule has 0 aliphatic rings. The molecule has 0 aromatic carbocycles. The van der Waals surface area contributed by atoms with Crippen molar-refractivity contribution in [2.75, 3.05) is 29.9 Å². The monoisotopic (exact) mass is 278 g/mol. The van der Waals surface area contributed by atoms with Gasteiger partial charge < -0.3 is 10.2 Å². The molecule has 4 heteroatoms. The minimum absolute atomic E-state index is 0.714. The lowest BCUT2D eigenvalue weighted by Crippen LogP contribution is -2.28. The molecule has 1 rings (SSSR count). The first kappa shape index (κ1) is 16.7. The molecule has 0 bridgehead atoms. The number of aromatic nitrogens is 2. The summed E-state index contributed by atoms with van der Waals surface area (Å²) in [4.78, 5) is 11.3. The molecule has 1 heterocycles. The van der Waals surface area contributed by atoms with Gasteiger partial charge in [0.1, 0.15) is 5.82 Å². The molecule has 114 valence electrons. The lowest BCUT2D eigenvalue weighted by atomic mass is 10.1. The molecule has 0 amide bonds. The van der Waals surface area contributed by atoms with Crippen LogP contribution in [0.3, 0.4) is 0 Å². The van der Waals surface area contributed by atoms with Gasteiger partial charge in [0.05, 0.1) is 0 Å². The third kappa shape index (κ3) is 6.22. The van der Waals surface area contributed by atoms with Gasteiger partial charge in [-0.25, -0.2) is 4.98 Å². The number of anilines is 2. The van der Waals surface area contributed by atoms with Gasteiger partial charge >= 0.3 is 0 Å². The Morgan fingerprint density at radius 1 is 1.10 bits per heavy atom. The second kappa shape index (κ2) is 8.77. The van der Waals surface area contributed by atoms with E-state index in [1.807, 2.05) is 12.3 Å². The molecule has 20 heavy (non-hydrogen) atoms. The van der Waals surface area contributed by atoms with Gasteiger partial charge in [-0.1, -0.05) is 27.7 Å². The van der Waals surface area contributed by atoms with Crippen LogP contribution in [0.1, 0.15) is 47.5 Å². The average Bonchev–Trinajstić information content (AvgIpc) is 2.39. The van der Waals surface area contributed by atoms with Crippen LogP contribution >= 0.6 is 0 Å². The van der Waals surface area contributed by atoms with Crippen LogP contribution in [-0.2, 0) is 0 Å². The van der Waals surface area contributed by atoms with Gasteiger partial charge in [0.15, 0.2) is 0 Å². The normalized spacial score (nSPS) is 11.2. The van der Waals surface area contributed by atoms with E-state index in [-0.39, 0.29) is 0 Å². The molecule has 0 aliphatic heterocycles. The maximum absolute atomic E-state index is 4.62. The number of nitrogens with zero attached hydrogens (tertiary/aromatic N) is 3. The van der Waals surface area contributed by atoms with E-state index in [4.69, 9.17) is 0 Å².